The molecular formula is C23H30N2O7S. The van der Waals surface area contributed by atoms with Crippen LogP contribution in [0, 0.1) is 24.2 Å². The number of carbonyl (C=O) groups is 4. The quantitative estimate of drug-likeness (QED) is 0.513. The molecule has 0 spiro atoms. The summed E-state index contributed by atoms with van der Waals surface area (Å²) in [5, 5.41) is 16.1. The molecule has 1 aromatic rings. The molecule has 4 fully saturated rings. The Morgan fingerprint density at radius 3 is 2.36 bits per heavy atom. The van der Waals surface area contributed by atoms with Crippen LogP contribution in [0.5, 0.6) is 0 Å². The van der Waals surface area contributed by atoms with E-state index >= 15 is 0 Å². The summed E-state index contributed by atoms with van der Waals surface area (Å²) in [4.78, 5) is 50.5. The molecule has 4 aliphatic rings. The summed E-state index contributed by atoms with van der Waals surface area (Å²) in [6.07, 6.45) is 4.29. The summed E-state index contributed by atoms with van der Waals surface area (Å²) in [7, 11) is 1.48. The number of hydrogen-bond donors (Lipinski definition) is 3. The van der Waals surface area contributed by atoms with Gasteiger partial charge in [0.1, 0.15) is 5.00 Å². The van der Waals surface area contributed by atoms with Crippen LogP contribution in [0.2, 0.25) is 0 Å². The van der Waals surface area contributed by atoms with E-state index in [1.165, 1.54) is 7.05 Å². The van der Waals surface area contributed by atoms with Crippen molar-refractivity contribution in [3.05, 3.63) is 16.0 Å². The molecule has 2 atom stereocenters. The molecule has 0 aliphatic heterocycles. The molecule has 9 nitrogen and oxygen atoms in total. The highest BCUT2D eigenvalue weighted by atomic mass is 32.1. The van der Waals surface area contributed by atoms with Gasteiger partial charge in [-0.1, -0.05) is 0 Å². The highest BCUT2D eigenvalue weighted by molar-refractivity contribution is 7.18. The van der Waals surface area contributed by atoms with E-state index in [2.05, 4.69) is 10.6 Å². The Kier molecular flexibility index (Phi) is 6.26. The third-order valence-electron chi connectivity index (χ3n) is 7.11. The summed E-state index contributed by atoms with van der Waals surface area (Å²) >= 11 is 0.964. The van der Waals surface area contributed by atoms with Gasteiger partial charge in [-0.05, 0) is 69.8 Å². The summed E-state index contributed by atoms with van der Waals surface area (Å²) in [5.41, 5.74) is -0.999. The Morgan fingerprint density at radius 1 is 1.12 bits per heavy atom. The van der Waals surface area contributed by atoms with E-state index in [1.54, 1.807) is 13.8 Å². The lowest BCUT2D eigenvalue weighted by Gasteiger charge is -2.58. The highest BCUT2D eigenvalue weighted by Crippen LogP contribution is 2.62. The first kappa shape index (κ1) is 23.7. The number of rotatable bonds is 7. The zero-order valence-corrected chi connectivity index (χ0v) is 19.9. The smallest absolute Gasteiger partial charge is 0.341 e. The van der Waals surface area contributed by atoms with Gasteiger partial charge in [0.15, 0.2) is 6.61 Å². The average molecular weight is 479 g/mol. The number of nitrogens with one attached hydrogen (secondary N) is 2. The van der Waals surface area contributed by atoms with Gasteiger partial charge >= 0.3 is 11.9 Å². The second-order valence-corrected chi connectivity index (χ2v) is 10.7. The van der Waals surface area contributed by atoms with Crippen molar-refractivity contribution < 1.29 is 33.8 Å². The molecule has 4 saturated carbocycles. The van der Waals surface area contributed by atoms with E-state index in [0.717, 1.165) is 30.6 Å². The number of esters is 2. The lowest BCUT2D eigenvalue weighted by atomic mass is 9.48. The van der Waals surface area contributed by atoms with Crippen molar-refractivity contribution >= 4 is 40.1 Å². The Labute approximate surface area is 196 Å². The molecule has 0 aromatic carbocycles. The predicted molar refractivity (Wildman–Crippen MR) is 120 cm³/mol. The Morgan fingerprint density at radius 2 is 1.79 bits per heavy atom. The van der Waals surface area contributed by atoms with Gasteiger partial charge < -0.3 is 25.2 Å². The predicted octanol–water partition coefficient (Wildman–Crippen LogP) is 2.41. The first-order valence-electron chi connectivity index (χ1n) is 11.3. The number of aliphatic hydroxyl groups is 1. The zero-order valence-electron chi connectivity index (χ0n) is 19.1. The number of amides is 2. The first-order valence-corrected chi connectivity index (χ1v) is 12.1. The molecule has 4 bridgehead atoms. The SMILES string of the molecule is CCOC(=O)c1c(NC(=O)COC(=O)C23CC4CC(CC(O)(C4)C2)C3)sc(C(=O)NC)c1C. The second kappa shape index (κ2) is 8.72. The summed E-state index contributed by atoms with van der Waals surface area (Å²) in [5.74, 6) is -1.43. The number of carbonyl (C=O) groups excluding carboxylic acids is 4. The van der Waals surface area contributed by atoms with Gasteiger partial charge in [0, 0.05) is 7.05 Å². The van der Waals surface area contributed by atoms with Crippen LogP contribution in [0.1, 0.15) is 71.0 Å². The highest BCUT2D eigenvalue weighted by Gasteiger charge is 2.60. The minimum Gasteiger partial charge on any atom is -0.462 e. The van der Waals surface area contributed by atoms with Crippen molar-refractivity contribution in [2.24, 2.45) is 17.3 Å². The number of anilines is 1. The van der Waals surface area contributed by atoms with Gasteiger partial charge in [-0.3, -0.25) is 14.4 Å². The van der Waals surface area contributed by atoms with Crippen LogP contribution in [0.3, 0.4) is 0 Å². The van der Waals surface area contributed by atoms with Gasteiger partial charge in [-0.2, -0.15) is 0 Å². The molecule has 180 valence electrons. The van der Waals surface area contributed by atoms with Crippen molar-refractivity contribution in [3.63, 3.8) is 0 Å². The van der Waals surface area contributed by atoms with Crippen molar-refractivity contribution in [1.29, 1.82) is 0 Å². The van der Waals surface area contributed by atoms with Crippen LogP contribution in [0.4, 0.5) is 5.00 Å². The monoisotopic (exact) mass is 478 g/mol. The fraction of sp³-hybridized carbons (Fsp3) is 0.652. The maximum atomic E-state index is 13.0. The molecule has 4 aliphatic carbocycles. The van der Waals surface area contributed by atoms with E-state index in [0.29, 0.717) is 36.7 Å². The minimum atomic E-state index is -0.801. The fourth-order valence-electron chi connectivity index (χ4n) is 6.28. The van der Waals surface area contributed by atoms with Crippen LogP contribution in [-0.4, -0.2) is 54.7 Å². The molecule has 0 radical (unpaired) electrons. The molecule has 1 heterocycles. The molecule has 10 heteroatoms. The Balaban J connectivity index is 1.44. The Bertz CT molecular complexity index is 987. The van der Waals surface area contributed by atoms with Crippen molar-refractivity contribution in [2.45, 2.75) is 58.0 Å². The molecule has 0 saturated heterocycles. The molecule has 5 rings (SSSR count). The molecule has 2 unspecified atom stereocenters. The van der Waals surface area contributed by atoms with Crippen LogP contribution in [0.25, 0.3) is 0 Å². The van der Waals surface area contributed by atoms with E-state index in [4.69, 9.17) is 9.47 Å². The van der Waals surface area contributed by atoms with Crippen LogP contribution in [0.15, 0.2) is 0 Å². The van der Waals surface area contributed by atoms with Crippen LogP contribution < -0.4 is 10.6 Å². The number of ether oxygens (including phenoxy) is 2. The third-order valence-corrected chi connectivity index (χ3v) is 8.32. The van der Waals surface area contributed by atoms with Crippen molar-refractivity contribution in [3.8, 4) is 0 Å². The molecule has 1 aromatic heterocycles. The van der Waals surface area contributed by atoms with Crippen molar-refractivity contribution in [1.82, 2.24) is 5.32 Å². The minimum absolute atomic E-state index is 0.114. The molecular weight excluding hydrogens is 448 g/mol. The summed E-state index contributed by atoms with van der Waals surface area (Å²) in [6.45, 7) is 2.91. The lowest BCUT2D eigenvalue weighted by molar-refractivity contribution is -0.196. The van der Waals surface area contributed by atoms with Crippen molar-refractivity contribution in [2.75, 3.05) is 25.6 Å². The summed E-state index contributed by atoms with van der Waals surface area (Å²) in [6, 6.07) is 0. The van der Waals surface area contributed by atoms with E-state index in [1.807, 2.05) is 0 Å². The van der Waals surface area contributed by atoms with Gasteiger partial charge in [-0.25, -0.2) is 4.79 Å². The molecule has 3 N–H and O–H groups in total. The first-order chi connectivity index (χ1) is 15.6. The third kappa shape index (κ3) is 4.38. The number of thiophene rings is 1. The zero-order chi connectivity index (χ0) is 24.0. The maximum absolute atomic E-state index is 13.0. The van der Waals surface area contributed by atoms with Crippen LogP contribution in [-0.2, 0) is 19.1 Å². The van der Waals surface area contributed by atoms with E-state index in [9.17, 15) is 24.3 Å². The van der Waals surface area contributed by atoms with Gasteiger partial charge in [0.2, 0.25) is 0 Å². The topological polar surface area (TPSA) is 131 Å². The van der Waals surface area contributed by atoms with E-state index < -0.39 is 35.5 Å². The van der Waals surface area contributed by atoms with E-state index in [-0.39, 0.29) is 28.0 Å². The largest absolute Gasteiger partial charge is 0.462 e. The molecule has 33 heavy (non-hydrogen) atoms. The fourth-order valence-corrected chi connectivity index (χ4v) is 7.44. The Hall–Kier alpha value is -2.46. The maximum Gasteiger partial charge on any atom is 0.341 e. The molecule has 2 amide bonds. The normalized spacial score (nSPS) is 29.5. The van der Waals surface area contributed by atoms with Crippen LogP contribution >= 0.6 is 11.3 Å². The van der Waals surface area contributed by atoms with Gasteiger partial charge in [0.25, 0.3) is 11.8 Å². The summed E-state index contributed by atoms with van der Waals surface area (Å²) < 4.78 is 10.5. The second-order valence-electron chi connectivity index (χ2n) is 9.65. The standard InChI is InChI=1S/C23H30N2O7S/c1-4-31-20(28)16-12(2)17(18(27)24-3)33-19(16)25-15(26)10-32-21(29)22-6-13-5-14(7-22)9-23(30,8-13)11-22/h13-14,30H,4-11H2,1-3H3,(H,24,27)(H,25,26). The van der Waals surface area contributed by atoms with Gasteiger partial charge in [0.05, 0.1) is 28.1 Å². The lowest BCUT2D eigenvalue weighted by Crippen LogP contribution is -2.58. The average Bonchev–Trinajstić information content (AvgIpc) is 3.05. The number of hydrogen-bond acceptors (Lipinski definition) is 8. The van der Waals surface area contributed by atoms with Gasteiger partial charge in [-0.15, -0.1) is 11.3 Å².